The minimum atomic E-state index is 0.299. The largest absolute Gasteiger partial charge is 0.481 e. The van der Waals surface area contributed by atoms with Crippen molar-refractivity contribution in [2.75, 3.05) is 19.6 Å². The fourth-order valence-corrected chi connectivity index (χ4v) is 4.46. The van der Waals surface area contributed by atoms with E-state index >= 15 is 0 Å². The van der Waals surface area contributed by atoms with Crippen LogP contribution in [0.15, 0.2) is 18.6 Å². The van der Waals surface area contributed by atoms with Crippen LogP contribution in [0.25, 0.3) is 0 Å². The molecule has 5 heteroatoms. The first-order valence-corrected chi connectivity index (χ1v) is 6.79. The molecule has 0 amide bonds. The van der Waals surface area contributed by atoms with Gasteiger partial charge >= 0.3 is 7.98 Å². The van der Waals surface area contributed by atoms with Crippen molar-refractivity contribution in [1.82, 2.24) is 9.97 Å². The highest BCUT2D eigenvalue weighted by atomic mass is 16.5. The Morgan fingerprint density at radius 2 is 1.94 bits per heavy atom. The third-order valence-electron chi connectivity index (χ3n) is 4.82. The molecule has 4 nitrogen and oxygen atoms in total. The Morgan fingerprint density at radius 3 is 2.56 bits per heavy atom. The second kappa shape index (κ2) is 3.70. The van der Waals surface area contributed by atoms with E-state index in [4.69, 9.17) is 12.7 Å². The molecule has 4 heterocycles. The zero-order valence-electron chi connectivity index (χ0n) is 10.4. The molecular formula is C13H17BN3O+. The summed E-state index contributed by atoms with van der Waals surface area (Å²) < 4.78 is 6.88. The highest BCUT2D eigenvalue weighted by Gasteiger charge is 2.55. The van der Waals surface area contributed by atoms with Crippen molar-refractivity contribution < 1.29 is 9.13 Å². The molecule has 0 spiro atoms. The van der Waals surface area contributed by atoms with Crippen molar-refractivity contribution in [3.05, 3.63) is 18.6 Å². The maximum atomic E-state index is 6.43. The molecule has 3 saturated heterocycles. The van der Waals surface area contributed by atoms with Crippen LogP contribution in [-0.4, -0.2) is 48.1 Å². The van der Waals surface area contributed by atoms with Gasteiger partial charge in [0, 0.05) is 30.1 Å². The van der Waals surface area contributed by atoms with Crippen LogP contribution < -0.4 is 4.74 Å². The number of quaternary nitrogens is 1. The smallest absolute Gasteiger partial charge is 0.472 e. The lowest BCUT2D eigenvalue weighted by Gasteiger charge is -2.59. The molecule has 1 aromatic rings. The topological polar surface area (TPSA) is 35.0 Å². The summed E-state index contributed by atoms with van der Waals surface area (Å²) in [6.45, 7) is 3.31. The van der Waals surface area contributed by atoms with Gasteiger partial charge in [-0.05, 0) is 12.8 Å². The lowest BCUT2D eigenvalue weighted by Crippen LogP contribution is -2.70. The predicted octanol–water partition coefficient (Wildman–Crippen LogP) is 0.794. The molecular weight excluding hydrogens is 225 g/mol. The highest BCUT2D eigenvalue weighted by Crippen LogP contribution is 2.47. The first-order valence-electron chi connectivity index (χ1n) is 6.79. The zero-order valence-corrected chi connectivity index (χ0v) is 10.4. The van der Waals surface area contributed by atoms with Crippen molar-refractivity contribution in [3.8, 4) is 5.88 Å². The number of rotatable bonds is 2. The average Bonchev–Trinajstić information content (AvgIpc) is 2.33. The number of hydrogen-bond acceptors (Lipinski definition) is 3. The lowest BCUT2D eigenvalue weighted by molar-refractivity contribution is -0.852. The summed E-state index contributed by atoms with van der Waals surface area (Å²) in [5.74, 6) is 2.68. The monoisotopic (exact) mass is 242 g/mol. The number of piperidine rings is 3. The Kier molecular flexibility index (Phi) is 2.22. The third kappa shape index (κ3) is 1.64. The van der Waals surface area contributed by atoms with Gasteiger partial charge in [-0.2, -0.15) is 0 Å². The molecule has 92 valence electrons. The maximum absolute atomic E-state index is 6.43. The van der Waals surface area contributed by atoms with E-state index in [9.17, 15) is 0 Å². The number of hydrogen-bond donors (Lipinski definition) is 0. The molecule has 18 heavy (non-hydrogen) atoms. The molecule has 5 rings (SSSR count). The van der Waals surface area contributed by atoms with Crippen LogP contribution in [0.5, 0.6) is 5.88 Å². The number of ether oxygens (including phenoxy) is 1. The van der Waals surface area contributed by atoms with Crippen LogP contribution in [-0.2, 0) is 0 Å². The Balaban J connectivity index is 1.57. The van der Waals surface area contributed by atoms with E-state index in [-0.39, 0.29) is 0 Å². The van der Waals surface area contributed by atoms with Crippen LogP contribution >= 0.6 is 0 Å². The summed E-state index contributed by atoms with van der Waals surface area (Å²) in [7, 11) is 6.43. The second-order valence-corrected chi connectivity index (χ2v) is 6.25. The normalized spacial score (nSPS) is 45.1. The van der Waals surface area contributed by atoms with Gasteiger partial charge in [0.15, 0.2) is 0 Å². The summed E-state index contributed by atoms with van der Waals surface area (Å²) in [6.07, 6.45) is 7.92. The molecule has 0 N–H and O–H groups in total. The van der Waals surface area contributed by atoms with E-state index in [2.05, 4.69) is 9.97 Å². The van der Waals surface area contributed by atoms with Crippen molar-refractivity contribution in [3.63, 3.8) is 0 Å². The molecule has 3 aliphatic heterocycles. The SMILES string of the molecule is [B][N+]12CC3CC(C1)C(Oc1cnccn1)C(C3)C2. The first-order chi connectivity index (χ1) is 8.72. The molecule has 2 unspecified atom stereocenters. The van der Waals surface area contributed by atoms with Gasteiger partial charge in [0.2, 0.25) is 5.88 Å². The van der Waals surface area contributed by atoms with Gasteiger partial charge < -0.3 is 9.13 Å². The fourth-order valence-electron chi connectivity index (χ4n) is 4.46. The summed E-state index contributed by atoms with van der Waals surface area (Å²) in [5.41, 5.74) is 0. The Hall–Kier alpha value is -1.10. The summed E-state index contributed by atoms with van der Waals surface area (Å²) in [4.78, 5) is 8.29. The van der Waals surface area contributed by atoms with Crippen LogP contribution in [0.1, 0.15) is 12.8 Å². The first kappa shape index (κ1) is 10.8. The van der Waals surface area contributed by atoms with Gasteiger partial charge in [-0.3, -0.25) is 4.98 Å². The quantitative estimate of drug-likeness (QED) is 0.719. The molecule has 1 saturated carbocycles. The molecule has 4 fully saturated rings. The van der Waals surface area contributed by atoms with E-state index in [1.165, 1.54) is 19.4 Å². The average molecular weight is 242 g/mol. The van der Waals surface area contributed by atoms with Crippen molar-refractivity contribution in [2.45, 2.75) is 18.9 Å². The van der Waals surface area contributed by atoms with Gasteiger partial charge in [-0.25, -0.2) is 4.98 Å². The highest BCUT2D eigenvalue weighted by molar-refractivity contribution is 5.97. The summed E-state index contributed by atoms with van der Waals surface area (Å²) in [6, 6.07) is 0. The zero-order chi connectivity index (χ0) is 12.2. The van der Waals surface area contributed by atoms with E-state index in [0.717, 1.165) is 23.4 Å². The van der Waals surface area contributed by atoms with E-state index in [1.54, 1.807) is 18.6 Å². The lowest BCUT2D eigenvalue weighted by atomic mass is 9.63. The summed E-state index contributed by atoms with van der Waals surface area (Å²) >= 11 is 0. The molecule has 1 aliphatic carbocycles. The molecule has 1 aromatic heterocycles. The van der Waals surface area contributed by atoms with Gasteiger partial charge in [-0.1, -0.05) is 0 Å². The van der Waals surface area contributed by atoms with Crippen molar-refractivity contribution in [1.29, 1.82) is 0 Å². The Labute approximate surface area is 108 Å². The standard InChI is InChI=1S/C13H17BN3O/c14-17-6-9-3-10(7-17)13(11(4-9)8-17)18-12-5-15-1-2-16-12/h1-2,5,9-11,13H,3-4,6-8H2/q+1. The molecule has 2 radical (unpaired) electrons. The fraction of sp³-hybridized carbons (Fsp3) is 0.692. The van der Waals surface area contributed by atoms with E-state index in [0.29, 0.717) is 23.8 Å². The number of nitrogens with zero attached hydrogens (tertiary/aromatic N) is 3. The van der Waals surface area contributed by atoms with Gasteiger partial charge in [-0.15, -0.1) is 0 Å². The molecule has 4 bridgehead atoms. The van der Waals surface area contributed by atoms with Gasteiger partial charge in [0.1, 0.15) is 6.10 Å². The maximum Gasteiger partial charge on any atom is 0.481 e. The number of aromatic nitrogens is 2. The second-order valence-electron chi connectivity index (χ2n) is 6.25. The molecule has 0 aromatic carbocycles. The Bertz CT molecular complexity index is 439. The van der Waals surface area contributed by atoms with Crippen LogP contribution in [0.2, 0.25) is 0 Å². The van der Waals surface area contributed by atoms with Crippen LogP contribution in [0.3, 0.4) is 0 Å². The van der Waals surface area contributed by atoms with Gasteiger partial charge in [0.25, 0.3) is 0 Å². The minimum absolute atomic E-state index is 0.299. The van der Waals surface area contributed by atoms with Crippen LogP contribution in [0.4, 0.5) is 0 Å². The van der Waals surface area contributed by atoms with E-state index in [1.807, 2.05) is 0 Å². The minimum Gasteiger partial charge on any atom is -0.472 e. The van der Waals surface area contributed by atoms with Gasteiger partial charge in [0.05, 0.1) is 25.8 Å². The van der Waals surface area contributed by atoms with Crippen molar-refractivity contribution >= 4 is 7.98 Å². The molecule has 4 aliphatic rings. The van der Waals surface area contributed by atoms with Crippen molar-refractivity contribution in [2.24, 2.45) is 17.8 Å². The van der Waals surface area contributed by atoms with E-state index < -0.39 is 0 Å². The predicted molar refractivity (Wildman–Crippen MR) is 66.8 cm³/mol. The molecule has 2 atom stereocenters. The Morgan fingerprint density at radius 1 is 1.17 bits per heavy atom. The van der Waals surface area contributed by atoms with Crippen LogP contribution in [0, 0.1) is 17.8 Å². The third-order valence-corrected chi connectivity index (χ3v) is 4.82. The summed E-state index contributed by atoms with van der Waals surface area (Å²) in [5, 5.41) is 0.